The molecule has 0 unspecified atom stereocenters. The van der Waals surface area contributed by atoms with Crippen molar-refractivity contribution < 1.29 is 9.90 Å². The minimum atomic E-state index is -0.648. The van der Waals surface area contributed by atoms with Gasteiger partial charge in [-0.3, -0.25) is 4.79 Å². The Kier molecular flexibility index (Phi) is 9.41. The zero-order valence-corrected chi connectivity index (χ0v) is 18.2. The Bertz CT molecular complexity index is 776. The summed E-state index contributed by atoms with van der Waals surface area (Å²) < 4.78 is 0. The summed E-state index contributed by atoms with van der Waals surface area (Å²) in [5, 5.41) is 15.8. The van der Waals surface area contributed by atoms with Gasteiger partial charge in [0.25, 0.3) is 0 Å². The fraction of sp³-hybridized carbons (Fsp3) is 0.542. The van der Waals surface area contributed by atoms with E-state index in [0.717, 1.165) is 12.0 Å². The number of nitrogens with one attached hydrogen (secondary N) is 1. The van der Waals surface area contributed by atoms with E-state index in [1.807, 2.05) is 12.1 Å². The lowest BCUT2D eigenvalue weighted by Crippen LogP contribution is -2.41. The number of benzene rings is 2. The predicted octanol–water partition coefficient (Wildman–Crippen LogP) is 4.22. The van der Waals surface area contributed by atoms with E-state index in [2.05, 4.69) is 35.6 Å². The molecule has 0 radical (unpaired) electrons. The Balaban J connectivity index is 0.00000300. The Morgan fingerprint density at radius 3 is 2.52 bits per heavy atom. The third kappa shape index (κ3) is 6.70. The lowest BCUT2D eigenvalue weighted by Gasteiger charge is -2.28. The van der Waals surface area contributed by atoms with Crippen LogP contribution in [0.25, 0.3) is 10.8 Å². The first-order valence-corrected chi connectivity index (χ1v) is 10.7. The van der Waals surface area contributed by atoms with Gasteiger partial charge in [-0.2, -0.15) is 0 Å². The zero-order chi connectivity index (χ0) is 19.9. The van der Waals surface area contributed by atoms with E-state index in [9.17, 15) is 9.90 Å². The van der Waals surface area contributed by atoms with Gasteiger partial charge in [0.2, 0.25) is 5.91 Å². The van der Waals surface area contributed by atoms with Crippen LogP contribution in [0.3, 0.4) is 0 Å². The summed E-state index contributed by atoms with van der Waals surface area (Å²) in [5.41, 5.74) is 7.44. The van der Waals surface area contributed by atoms with Crippen molar-refractivity contribution in [3.8, 4) is 0 Å². The number of halogens is 1. The Morgan fingerprint density at radius 2 is 1.83 bits per heavy atom. The highest BCUT2D eigenvalue weighted by Gasteiger charge is 2.27. The van der Waals surface area contributed by atoms with Crippen molar-refractivity contribution in [1.82, 2.24) is 5.32 Å². The van der Waals surface area contributed by atoms with E-state index in [4.69, 9.17) is 5.73 Å². The van der Waals surface area contributed by atoms with Crippen LogP contribution in [0.2, 0.25) is 0 Å². The van der Waals surface area contributed by atoms with Crippen LogP contribution >= 0.6 is 12.4 Å². The molecule has 4 nitrogen and oxygen atoms in total. The minimum Gasteiger partial charge on any atom is -0.391 e. The molecule has 0 saturated heterocycles. The van der Waals surface area contributed by atoms with Crippen LogP contribution in [-0.2, 0) is 11.2 Å². The molecule has 0 aliphatic heterocycles. The molecule has 1 aliphatic carbocycles. The van der Waals surface area contributed by atoms with Crippen molar-refractivity contribution >= 4 is 29.1 Å². The zero-order valence-electron chi connectivity index (χ0n) is 17.3. The van der Waals surface area contributed by atoms with Gasteiger partial charge in [-0.25, -0.2) is 0 Å². The van der Waals surface area contributed by atoms with Crippen molar-refractivity contribution in [2.75, 3.05) is 7.05 Å². The van der Waals surface area contributed by atoms with Crippen LogP contribution in [0.5, 0.6) is 0 Å². The van der Waals surface area contributed by atoms with Crippen molar-refractivity contribution in [1.29, 1.82) is 0 Å². The van der Waals surface area contributed by atoms with Gasteiger partial charge in [-0.1, -0.05) is 74.6 Å². The Morgan fingerprint density at radius 1 is 1.14 bits per heavy atom. The molecule has 0 spiro atoms. The standard InChI is InChI=1S/C24H34N2O2.ClH/c1-26-24(28)21(14-18-11-12-19-9-5-6-10-20(19)13-18)16-23(27)22(25)15-17-7-3-2-4-8-17;/h5-6,9-13,17,21-23,27H,2-4,7-8,14-16,25H2,1H3,(H,26,28);1H/t21-,22+,23+;/m1./s1. The number of rotatable bonds is 8. The fourth-order valence-corrected chi connectivity index (χ4v) is 4.57. The first-order valence-electron chi connectivity index (χ1n) is 10.7. The molecular formula is C24H35ClN2O2. The maximum Gasteiger partial charge on any atom is 0.223 e. The highest BCUT2D eigenvalue weighted by Crippen LogP contribution is 2.28. The van der Waals surface area contributed by atoms with Gasteiger partial charge >= 0.3 is 0 Å². The SMILES string of the molecule is CNC(=O)[C@H](Cc1ccc2ccccc2c1)C[C@H](O)[C@@H](N)CC1CCCCC1.Cl. The van der Waals surface area contributed by atoms with Crippen molar-refractivity contribution in [2.45, 2.75) is 63.5 Å². The lowest BCUT2D eigenvalue weighted by molar-refractivity contribution is -0.125. The Labute approximate surface area is 180 Å². The molecule has 2 aromatic rings. The summed E-state index contributed by atoms with van der Waals surface area (Å²) in [4.78, 5) is 12.5. The second-order valence-electron chi connectivity index (χ2n) is 8.40. The average Bonchev–Trinajstić information content (AvgIpc) is 2.73. The van der Waals surface area contributed by atoms with Crippen LogP contribution in [-0.4, -0.2) is 30.2 Å². The second-order valence-corrected chi connectivity index (χ2v) is 8.40. The molecule has 4 N–H and O–H groups in total. The maximum absolute atomic E-state index is 12.5. The molecule has 0 heterocycles. The van der Waals surface area contributed by atoms with Crippen LogP contribution in [0.4, 0.5) is 0 Å². The molecule has 160 valence electrons. The van der Waals surface area contributed by atoms with E-state index in [1.165, 1.54) is 42.9 Å². The molecule has 2 aromatic carbocycles. The average molecular weight is 419 g/mol. The molecule has 1 amide bonds. The Hall–Kier alpha value is -1.62. The summed E-state index contributed by atoms with van der Waals surface area (Å²) in [5.74, 6) is 0.313. The largest absolute Gasteiger partial charge is 0.391 e. The van der Waals surface area contributed by atoms with E-state index >= 15 is 0 Å². The quantitative estimate of drug-likeness (QED) is 0.600. The molecule has 5 heteroatoms. The van der Waals surface area contributed by atoms with E-state index < -0.39 is 6.10 Å². The summed E-state index contributed by atoms with van der Waals surface area (Å²) in [6.45, 7) is 0. The number of hydrogen-bond donors (Lipinski definition) is 3. The second kappa shape index (κ2) is 11.5. The van der Waals surface area contributed by atoms with Crippen LogP contribution < -0.4 is 11.1 Å². The summed E-state index contributed by atoms with van der Waals surface area (Å²) in [6.07, 6.45) is 7.53. The molecule has 29 heavy (non-hydrogen) atoms. The molecule has 0 aromatic heterocycles. The van der Waals surface area contributed by atoms with Crippen LogP contribution in [0, 0.1) is 11.8 Å². The number of fused-ring (bicyclic) bond motifs is 1. The van der Waals surface area contributed by atoms with Gasteiger partial charge in [0.1, 0.15) is 0 Å². The molecule has 1 fully saturated rings. The van der Waals surface area contributed by atoms with E-state index in [0.29, 0.717) is 18.8 Å². The summed E-state index contributed by atoms with van der Waals surface area (Å²) >= 11 is 0. The number of carbonyl (C=O) groups excluding carboxylic acids is 1. The van der Waals surface area contributed by atoms with Crippen molar-refractivity contribution in [3.05, 3.63) is 48.0 Å². The van der Waals surface area contributed by atoms with Gasteiger partial charge < -0.3 is 16.2 Å². The van der Waals surface area contributed by atoms with E-state index in [-0.39, 0.29) is 30.3 Å². The third-order valence-corrected chi connectivity index (χ3v) is 6.26. The molecule has 0 bridgehead atoms. The van der Waals surface area contributed by atoms with Crippen LogP contribution in [0.1, 0.15) is 50.5 Å². The molecule has 3 rings (SSSR count). The maximum atomic E-state index is 12.5. The number of nitrogens with two attached hydrogens (primary N) is 1. The number of carbonyl (C=O) groups is 1. The minimum absolute atomic E-state index is 0. The third-order valence-electron chi connectivity index (χ3n) is 6.26. The van der Waals surface area contributed by atoms with Gasteiger partial charge in [0.05, 0.1) is 6.10 Å². The first kappa shape index (κ1) is 23.7. The summed E-state index contributed by atoms with van der Waals surface area (Å²) in [7, 11) is 1.66. The smallest absolute Gasteiger partial charge is 0.223 e. The van der Waals surface area contributed by atoms with Gasteiger partial charge in [0, 0.05) is 19.0 Å². The molecular weight excluding hydrogens is 384 g/mol. The number of aliphatic hydroxyl groups is 1. The van der Waals surface area contributed by atoms with Crippen LogP contribution in [0.15, 0.2) is 42.5 Å². The van der Waals surface area contributed by atoms with E-state index in [1.54, 1.807) is 7.05 Å². The number of amides is 1. The molecule has 1 saturated carbocycles. The van der Waals surface area contributed by atoms with Gasteiger partial charge in [0.15, 0.2) is 0 Å². The molecule has 1 aliphatic rings. The van der Waals surface area contributed by atoms with Gasteiger partial charge in [-0.15, -0.1) is 12.4 Å². The normalized spacial score (nSPS) is 17.9. The number of hydrogen-bond acceptors (Lipinski definition) is 3. The highest BCUT2D eigenvalue weighted by molar-refractivity contribution is 5.85. The predicted molar refractivity (Wildman–Crippen MR) is 122 cm³/mol. The van der Waals surface area contributed by atoms with Crippen molar-refractivity contribution in [3.63, 3.8) is 0 Å². The van der Waals surface area contributed by atoms with Gasteiger partial charge in [-0.05, 0) is 41.5 Å². The highest BCUT2D eigenvalue weighted by atomic mass is 35.5. The first-order chi connectivity index (χ1) is 13.6. The molecule has 3 atom stereocenters. The van der Waals surface area contributed by atoms with Crippen molar-refractivity contribution in [2.24, 2.45) is 17.6 Å². The summed E-state index contributed by atoms with van der Waals surface area (Å²) in [6, 6.07) is 14.3. The monoisotopic (exact) mass is 418 g/mol. The fourth-order valence-electron chi connectivity index (χ4n) is 4.57. The topological polar surface area (TPSA) is 75.3 Å². The lowest BCUT2D eigenvalue weighted by atomic mass is 9.82. The number of aliphatic hydroxyl groups excluding tert-OH is 1.